The number of benzene rings is 1. The number of rotatable bonds is 4. The minimum Gasteiger partial charge on any atom is -0.487 e. The lowest BCUT2D eigenvalue weighted by Gasteiger charge is -2.14. The summed E-state index contributed by atoms with van der Waals surface area (Å²) in [5.41, 5.74) is 0. The fraction of sp³-hybridized carbons (Fsp3) is 0.500. The molecular weight excluding hydrogens is 176 g/mol. The molecule has 1 aliphatic rings. The number of ether oxygens (including phenoxy) is 2. The molecule has 1 aromatic rings. The Hall–Kier alpha value is -1.18. The Bertz CT molecular complexity index is 280. The third-order valence-electron chi connectivity index (χ3n) is 2.03. The van der Waals surface area contributed by atoms with E-state index in [-0.39, 0.29) is 6.10 Å². The fourth-order valence-electron chi connectivity index (χ4n) is 1.26. The smallest absolute Gasteiger partial charge is 0.161 e. The Morgan fingerprint density at radius 1 is 1.14 bits per heavy atom. The molecule has 1 aliphatic carbocycles. The minimum absolute atomic E-state index is 0.193. The summed E-state index contributed by atoms with van der Waals surface area (Å²) in [4.78, 5) is 0. The molecule has 0 aliphatic heterocycles. The highest BCUT2D eigenvalue weighted by Gasteiger charge is 2.24. The van der Waals surface area contributed by atoms with Crippen LogP contribution in [0.5, 0.6) is 11.5 Å². The van der Waals surface area contributed by atoms with E-state index in [9.17, 15) is 0 Å². The first-order chi connectivity index (χ1) is 6.75. The summed E-state index contributed by atoms with van der Waals surface area (Å²) in [5, 5.41) is 0. The van der Waals surface area contributed by atoms with Gasteiger partial charge in [-0.1, -0.05) is 12.1 Å². The van der Waals surface area contributed by atoms with Crippen LogP contribution in [0.3, 0.4) is 0 Å². The summed E-state index contributed by atoms with van der Waals surface area (Å²) in [5.74, 6) is 1.73. The van der Waals surface area contributed by atoms with Crippen molar-refractivity contribution in [1.29, 1.82) is 0 Å². The predicted molar refractivity (Wildman–Crippen MR) is 55.9 cm³/mol. The van der Waals surface area contributed by atoms with Crippen molar-refractivity contribution in [2.24, 2.45) is 0 Å². The first-order valence-electron chi connectivity index (χ1n) is 5.18. The van der Waals surface area contributed by atoms with Crippen molar-refractivity contribution >= 4 is 0 Å². The first-order valence-corrected chi connectivity index (χ1v) is 5.18. The highest BCUT2D eigenvalue weighted by atomic mass is 16.5. The van der Waals surface area contributed by atoms with Crippen molar-refractivity contribution in [1.82, 2.24) is 0 Å². The van der Waals surface area contributed by atoms with Crippen LogP contribution in [0.4, 0.5) is 0 Å². The van der Waals surface area contributed by atoms with Gasteiger partial charge in [-0.05, 0) is 38.8 Å². The molecule has 0 saturated heterocycles. The summed E-state index contributed by atoms with van der Waals surface area (Å²) in [6, 6.07) is 7.87. The lowest BCUT2D eigenvalue weighted by atomic mass is 10.3. The molecule has 1 saturated carbocycles. The number of para-hydroxylation sites is 2. The van der Waals surface area contributed by atoms with Gasteiger partial charge in [-0.2, -0.15) is 0 Å². The molecule has 2 rings (SSSR count). The molecule has 2 heteroatoms. The molecule has 0 amide bonds. The third kappa shape index (κ3) is 2.41. The van der Waals surface area contributed by atoms with Gasteiger partial charge in [0.25, 0.3) is 0 Å². The molecular formula is C12H16O2. The van der Waals surface area contributed by atoms with E-state index < -0.39 is 0 Å². The van der Waals surface area contributed by atoms with Gasteiger partial charge in [-0.15, -0.1) is 0 Å². The molecule has 76 valence electrons. The zero-order chi connectivity index (χ0) is 9.97. The molecule has 0 unspecified atom stereocenters. The second-order valence-electron chi connectivity index (χ2n) is 3.93. The highest BCUT2D eigenvalue weighted by molar-refractivity contribution is 5.39. The van der Waals surface area contributed by atoms with Crippen LogP contribution in [0, 0.1) is 0 Å². The van der Waals surface area contributed by atoms with Crippen molar-refractivity contribution < 1.29 is 9.47 Å². The van der Waals surface area contributed by atoms with Crippen LogP contribution in [0.2, 0.25) is 0 Å². The Balaban J connectivity index is 2.10. The molecule has 0 spiro atoms. The fourth-order valence-corrected chi connectivity index (χ4v) is 1.26. The molecule has 1 aromatic carbocycles. The summed E-state index contributed by atoms with van der Waals surface area (Å²) < 4.78 is 11.4. The van der Waals surface area contributed by atoms with Gasteiger partial charge in [0.15, 0.2) is 11.5 Å². The standard InChI is InChI=1S/C12H16O2/c1-9(2)13-11-5-3-4-6-12(11)14-10-7-8-10/h3-6,9-10H,7-8H2,1-2H3. The van der Waals surface area contributed by atoms with E-state index in [1.165, 1.54) is 12.8 Å². The lowest BCUT2D eigenvalue weighted by molar-refractivity contribution is 0.217. The minimum atomic E-state index is 0.193. The van der Waals surface area contributed by atoms with Crippen LogP contribution >= 0.6 is 0 Å². The van der Waals surface area contributed by atoms with E-state index in [0.29, 0.717) is 6.10 Å². The van der Waals surface area contributed by atoms with Gasteiger partial charge in [-0.3, -0.25) is 0 Å². The molecule has 14 heavy (non-hydrogen) atoms. The van der Waals surface area contributed by atoms with Crippen LogP contribution in [-0.2, 0) is 0 Å². The largest absolute Gasteiger partial charge is 0.487 e. The summed E-state index contributed by atoms with van der Waals surface area (Å²) in [6.45, 7) is 4.04. The zero-order valence-electron chi connectivity index (χ0n) is 8.69. The van der Waals surface area contributed by atoms with E-state index in [2.05, 4.69) is 0 Å². The van der Waals surface area contributed by atoms with Gasteiger partial charge >= 0.3 is 0 Å². The number of hydrogen-bond acceptors (Lipinski definition) is 2. The average Bonchev–Trinajstić information content (AvgIpc) is 2.91. The van der Waals surface area contributed by atoms with E-state index in [1.807, 2.05) is 38.1 Å². The topological polar surface area (TPSA) is 18.5 Å². The monoisotopic (exact) mass is 192 g/mol. The van der Waals surface area contributed by atoms with Crippen molar-refractivity contribution in [3.63, 3.8) is 0 Å². The van der Waals surface area contributed by atoms with Crippen molar-refractivity contribution in [3.8, 4) is 11.5 Å². The predicted octanol–water partition coefficient (Wildman–Crippen LogP) is 3.02. The summed E-state index contributed by atoms with van der Waals surface area (Å²) in [6.07, 6.45) is 2.97. The van der Waals surface area contributed by atoms with Gasteiger partial charge < -0.3 is 9.47 Å². The van der Waals surface area contributed by atoms with Crippen LogP contribution in [-0.4, -0.2) is 12.2 Å². The first kappa shape index (κ1) is 9.38. The number of hydrogen-bond donors (Lipinski definition) is 0. The van der Waals surface area contributed by atoms with Crippen molar-refractivity contribution in [2.45, 2.75) is 38.9 Å². The Labute approximate surface area is 84.8 Å². The molecule has 0 heterocycles. The molecule has 0 bridgehead atoms. The maximum Gasteiger partial charge on any atom is 0.161 e. The van der Waals surface area contributed by atoms with Gasteiger partial charge in [0.05, 0.1) is 12.2 Å². The van der Waals surface area contributed by atoms with Crippen LogP contribution in [0.1, 0.15) is 26.7 Å². The van der Waals surface area contributed by atoms with Crippen molar-refractivity contribution in [3.05, 3.63) is 24.3 Å². The molecule has 0 atom stereocenters. The molecule has 0 radical (unpaired) electrons. The van der Waals surface area contributed by atoms with Gasteiger partial charge in [0.2, 0.25) is 0 Å². The average molecular weight is 192 g/mol. The van der Waals surface area contributed by atoms with Gasteiger partial charge in [0.1, 0.15) is 0 Å². The Kier molecular flexibility index (Phi) is 2.62. The third-order valence-corrected chi connectivity index (χ3v) is 2.03. The van der Waals surface area contributed by atoms with Crippen LogP contribution in [0.15, 0.2) is 24.3 Å². The normalized spacial score (nSPS) is 15.6. The van der Waals surface area contributed by atoms with E-state index >= 15 is 0 Å². The Morgan fingerprint density at radius 2 is 1.79 bits per heavy atom. The lowest BCUT2D eigenvalue weighted by Crippen LogP contribution is -2.07. The summed E-state index contributed by atoms with van der Waals surface area (Å²) >= 11 is 0. The van der Waals surface area contributed by atoms with E-state index in [4.69, 9.17) is 9.47 Å². The molecule has 0 N–H and O–H groups in total. The molecule has 2 nitrogen and oxygen atoms in total. The SMILES string of the molecule is CC(C)Oc1ccccc1OC1CC1. The van der Waals surface area contributed by atoms with Gasteiger partial charge in [-0.25, -0.2) is 0 Å². The quantitative estimate of drug-likeness (QED) is 0.730. The van der Waals surface area contributed by atoms with Crippen LogP contribution in [0.25, 0.3) is 0 Å². The van der Waals surface area contributed by atoms with E-state index in [1.54, 1.807) is 0 Å². The summed E-state index contributed by atoms with van der Waals surface area (Å²) in [7, 11) is 0. The van der Waals surface area contributed by atoms with Crippen LogP contribution < -0.4 is 9.47 Å². The molecule has 1 fully saturated rings. The van der Waals surface area contributed by atoms with Crippen molar-refractivity contribution in [2.75, 3.05) is 0 Å². The van der Waals surface area contributed by atoms with Gasteiger partial charge in [0, 0.05) is 0 Å². The maximum absolute atomic E-state index is 5.73. The van der Waals surface area contributed by atoms with E-state index in [0.717, 1.165) is 11.5 Å². The second kappa shape index (κ2) is 3.91. The zero-order valence-corrected chi connectivity index (χ0v) is 8.69. The second-order valence-corrected chi connectivity index (χ2v) is 3.93. The highest BCUT2D eigenvalue weighted by Crippen LogP contribution is 2.33. The Morgan fingerprint density at radius 3 is 2.36 bits per heavy atom. The maximum atomic E-state index is 5.73. The molecule has 0 aromatic heterocycles.